The zero-order valence-corrected chi connectivity index (χ0v) is 15.7. The maximum Gasteiger partial charge on any atom is 0.229 e. The van der Waals surface area contributed by atoms with Gasteiger partial charge in [0.05, 0.1) is 23.7 Å². The average molecular weight is 371 g/mol. The van der Waals surface area contributed by atoms with E-state index >= 15 is 0 Å². The van der Waals surface area contributed by atoms with Crippen LogP contribution in [0.15, 0.2) is 53.8 Å². The first-order valence-electron chi connectivity index (χ1n) is 8.19. The van der Waals surface area contributed by atoms with Crippen molar-refractivity contribution in [3.05, 3.63) is 54.2 Å². The van der Waals surface area contributed by atoms with Crippen LogP contribution in [0.4, 0.5) is 5.69 Å². The topological polar surface area (TPSA) is 83.7 Å². The zero-order chi connectivity index (χ0) is 18.9. The van der Waals surface area contributed by atoms with Crippen molar-refractivity contribution in [3.63, 3.8) is 0 Å². The lowest BCUT2D eigenvalue weighted by Gasteiger charge is -2.10. The van der Waals surface area contributed by atoms with E-state index < -0.39 is 10.0 Å². The second kappa shape index (κ2) is 6.84. The Morgan fingerprint density at radius 3 is 2.42 bits per heavy atom. The number of sulfonamides is 1. The number of oxime groups is 1. The van der Waals surface area contributed by atoms with Crippen LogP contribution in [0.5, 0.6) is 0 Å². The van der Waals surface area contributed by atoms with Gasteiger partial charge in [-0.25, -0.2) is 8.42 Å². The van der Waals surface area contributed by atoms with Gasteiger partial charge in [-0.15, -0.1) is 0 Å². The Morgan fingerprint density at radius 1 is 1.15 bits per heavy atom. The van der Waals surface area contributed by atoms with Crippen molar-refractivity contribution in [3.8, 4) is 11.1 Å². The van der Waals surface area contributed by atoms with E-state index in [0.29, 0.717) is 5.69 Å². The van der Waals surface area contributed by atoms with Crippen molar-refractivity contribution in [1.82, 2.24) is 4.57 Å². The monoisotopic (exact) mass is 371 g/mol. The SMILES string of the molecule is CC(C)n1cc(-c2ccc(/C=N\O)cc2)c2ccc(NS(C)(=O)=O)cc21. The highest BCUT2D eigenvalue weighted by molar-refractivity contribution is 7.92. The third-order valence-corrected chi connectivity index (χ3v) is 4.73. The molecule has 3 rings (SSSR count). The molecule has 1 aromatic heterocycles. The summed E-state index contributed by atoms with van der Waals surface area (Å²) in [5, 5.41) is 12.7. The number of hydrogen-bond acceptors (Lipinski definition) is 4. The molecule has 0 aliphatic rings. The molecule has 6 nitrogen and oxygen atoms in total. The van der Waals surface area contributed by atoms with E-state index in [1.54, 1.807) is 6.07 Å². The quantitative estimate of drug-likeness (QED) is 0.403. The number of nitrogens with one attached hydrogen (secondary N) is 1. The lowest BCUT2D eigenvalue weighted by Crippen LogP contribution is -2.09. The van der Waals surface area contributed by atoms with Crippen LogP contribution in [0.25, 0.3) is 22.0 Å². The molecule has 0 unspecified atom stereocenters. The first-order valence-corrected chi connectivity index (χ1v) is 10.1. The number of hydrogen-bond donors (Lipinski definition) is 2. The van der Waals surface area contributed by atoms with Crippen LogP contribution in [-0.4, -0.2) is 30.7 Å². The van der Waals surface area contributed by atoms with Gasteiger partial charge in [0.2, 0.25) is 10.0 Å². The predicted octanol–water partition coefficient (Wildman–Crippen LogP) is 4.07. The van der Waals surface area contributed by atoms with Crippen LogP contribution in [0.3, 0.4) is 0 Å². The van der Waals surface area contributed by atoms with Gasteiger partial charge in [-0.05, 0) is 37.1 Å². The second-order valence-electron chi connectivity index (χ2n) is 6.52. The molecule has 0 bridgehead atoms. The summed E-state index contributed by atoms with van der Waals surface area (Å²) in [7, 11) is -3.33. The van der Waals surface area contributed by atoms with Crippen molar-refractivity contribution in [2.24, 2.45) is 5.16 Å². The smallest absolute Gasteiger partial charge is 0.229 e. The molecule has 136 valence electrons. The summed E-state index contributed by atoms with van der Waals surface area (Å²) in [6.45, 7) is 4.17. The Hall–Kier alpha value is -2.80. The van der Waals surface area contributed by atoms with Gasteiger partial charge in [-0.2, -0.15) is 0 Å². The Morgan fingerprint density at radius 2 is 1.85 bits per heavy atom. The maximum atomic E-state index is 11.5. The van der Waals surface area contributed by atoms with Crippen molar-refractivity contribution in [2.75, 3.05) is 11.0 Å². The van der Waals surface area contributed by atoms with Crippen molar-refractivity contribution < 1.29 is 13.6 Å². The van der Waals surface area contributed by atoms with Gasteiger partial charge in [0.1, 0.15) is 0 Å². The molecule has 1 heterocycles. The number of anilines is 1. The van der Waals surface area contributed by atoms with E-state index in [0.717, 1.165) is 33.8 Å². The molecule has 0 amide bonds. The van der Waals surface area contributed by atoms with Gasteiger partial charge in [0.15, 0.2) is 0 Å². The average Bonchev–Trinajstić information content (AvgIpc) is 2.93. The Labute approximate surface area is 152 Å². The third kappa shape index (κ3) is 3.72. The van der Waals surface area contributed by atoms with Crippen LogP contribution >= 0.6 is 0 Å². The van der Waals surface area contributed by atoms with Gasteiger partial charge in [0, 0.05) is 23.2 Å². The van der Waals surface area contributed by atoms with E-state index in [1.165, 1.54) is 6.21 Å². The fourth-order valence-electron chi connectivity index (χ4n) is 3.00. The summed E-state index contributed by atoms with van der Waals surface area (Å²) in [5.41, 5.74) is 4.41. The van der Waals surface area contributed by atoms with Crippen molar-refractivity contribution in [1.29, 1.82) is 0 Å². The summed E-state index contributed by atoms with van der Waals surface area (Å²) in [4.78, 5) is 0. The van der Waals surface area contributed by atoms with E-state index in [2.05, 4.69) is 34.5 Å². The van der Waals surface area contributed by atoms with Gasteiger partial charge in [-0.3, -0.25) is 4.72 Å². The van der Waals surface area contributed by atoms with Gasteiger partial charge in [0.25, 0.3) is 0 Å². The molecule has 7 heteroatoms. The molecule has 0 radical (unpaired) electrons. The first-order chi connectivity index (χ1) is 12.3. The van der Waals surface area contributed by atoms with Crippen LogP contribution < -0.4 is 4.72 Å². The van der Waals surface area contributed by atoms with Crippen LogP contribution in [-0.2, 0) is 10.0 Å². The minimum Gasteiger partial charge on any atom is -0.411 e. The number of nitrogens with zero attached hydrogens (tertiary/aromatic N) is 2. The van der Waals surface area contributed by atoms with Gasteiger partial charge < -0.3 is 9.77 Å². The predicted molar refractivity (Wildman–Crippen MR) is 106 cm³/mol. The lowest BCUT2D eigenvalue weighted by molar-refractivity contribution is 0.322. The van der Waals surface area contributed by atoms with Crippen molar-refractivity contribution in [2.45, 2.75) is 19.9 Å². The molecule has 0 saturated heterocycles. The summed E-state index contributed by atoms with van der Waals surface area (Å²) < 4.78 is 27.7. The minimum absolute atomic E-state index is 0.223. The van der Waals surface area contributed by atoms with E-state index in [-0.39, 0.29) is 6.04 Å². The van der Waals surface area contributed by atoms with Crippen LogP contribution in [0.2, 0.25) is 0 Å². The molecule has 2 aromatic carbocycles. The number of aromatic nitrogens is 1. The highest BCUT2D eigenvalue weighted by atomic mass is 32.2. The summed E-state index contributed by atoms with van der Waals surface area (Å²) in [6.07, 6.45) is 4.60. The molecular formula is C19H21N3O3S. The van der Waals surface area contributed by atoms with Crippen LogP contribution in [0.1, 0.15) is 25.5 Å². The number of benzene rings is 2. The standard InChI is InChI=1S/C19H21N3O3S/c1-13(2)22-12-18(15-6-4-14(5-7-15)11-20-23)17-9-8-16(10-19(17)22)21-26(3,24)25/h4-13,21,23H,1-3H3/b20-11-. The van der Waals surface area contributed by atoms with E-state index in [4.69, 9.17) is 5.21 Å². The molecule has 0 aliphatic heterocycles. The summed E-state index contributed by atoms with van der Waals surface area (Å²) in [6, 6.07) is 13.5. The highest BCUT2D eigenvalue weighted by Gasteiger charge is 2.14. The van der Waals surface area contributed by atoms with E-state index in [9.17, 15) is 8.42 Å². The molecule has 0 aliphatic carbocycles. The second-order valence-corrected chi connectivity index (χ2v) is 8.26. The molecule has 26 heavy (non-hydrogen) atoms. The molecule has 0 spiro atoms. The van der Waals surface area contributed by atoms with E-state index in [1.807, 2.05) is 36.4 Å². The maximum absolute atomic E-state index is 11.5. The highest BCUT2D eigenvalue weighted by Crippen LogP contribution is 2.34. The molecular weight excluding hydrogens is 350 g/mol. The van der Waals surface area contributed by atoms with Crippen molar-refractivity contribution >= 4 is 32.8 Å². The fraction of sp³-hybridized carbons (Fsp3) is 0.211. The zero-order valence-electron chi connectivity index (χ0n) is 14.8. The minimum atomic E-state index is -3.33. The Bertz CT molecular complexity index is 1070. The largest absolute Gasteiger partial charge is 0.411 e. The van der Waals surface area contributed by atoms with Gasteiger partial charge >= 0.3 is 0 Å². The molecule has 0 atom stereocenters. The molecule has 2 N–H and O–H groups in total. The summed E-state index contributed by atoms with van der Waals surface area (Å²) >= 11 is 0. The van der Waals surface area contributed by atoms with Gasteiger partial charge in [-0.1, -0.05) is 35.5 Å². The normalized spacial score (nSPS) is 12.3. The number of rotatable bonds is 5. The first kappa shape index (κ1) is 18.0. The lowest BCUT2D eigenvalue weighted by atomic mass is 10.0. The third-order valence-electron chi connectivity index (χ3n) is 4.12. The number of fused-ring (bicyclic) bond motifs is 1. The molecule has 0 fully saturated rings. The Balaban J connectivity index is 2.14. The fourth-order valence-corrected chi connectivity index (χ4v) is 3.56. The Kier molecular flexibility index (Phi) is 4.73. The van der Waals surface area contributed by atoms with Crippen LogP contribution in [0, 0.1) is 0 Å². The molecule has 3 aromatic rings. The molecule has 0 saturated carbocycles. The summed E-state index contributed by atoms with van der Waals surface area (Å²) in [5.74, 6) is 0.